The molecule has 7 heteroatoms. The van der Waals surface area contributed by atoms with Crippen LogP contribution in [0.3, 0.4) is 0 Å². The van der Waals surface area contributed by atoms with E-state index in [-0.39, 0.29) is 12.7 Å². The molecule has 0 radical (unpaired) electrons. The van der Waals surface area contributed by atoms with Gasteiger partial charge < -0.3 is 20.3 Å². The Bertz CT molecular complexity index is 778. The lowest BCUT2D eigenvalue weighted by Gasteiger charge is -2.26. The molecule has 0 aliphatic heterocycles. The summed E-state index contributed by atoms with van der Waals surface area (Å²) in [6, 6.07) is 0.296. The summed E-state index contributed by atoms with van der Waals surface area (Å²) in [5, 5.41) is 23.0. The van der Waals surface area contributed by atoms with Crippen LogP contribution in [0.2, 0.25) is 0 Å². The van der Waals surface area contributed by atoms with Crippen molar-refractivity contribution >= 4 is 16.9 Å². The van der Waals surface area contributed by atoms with Gasteiger partial charge in [0.1, 0.15) is 0 Å². The van der Waals surface area contributed by atoms with E-state index in [1.54, 1.807) is 0 Å². The van der Waals surface area contributed by atoms with Gasteiger partial charge in [0.25, 0.3) is 0 Å². The molecule has 1 fully saturated rings. The molecule has 0 spiro atoms. The number of fused-ring (bicyclic) bond motifs is 1. The van der Waals surface area contributed by atoms with E-state index < -0.39 is 0 Å². The zero-order valence-electron chi connectivity index (χ0n) is 17.6. The van der Waals surface area contributed by atoms with Gasteiger partial charge in [-0.25, -0.2) is 15.0 Å². The molecular formula is C22H34N4O3. The minimum absolute atomic E-state index is 0.191. The summed E-state index contributed by atoms with van der Waals surface area (Å²) >= 11 is 0. The molecule has 2 aromatic rings. The third kappa shape index (κ3) is 5.76. The Labute approximate surface area is 172 Å². The minimum atomic E-state index is -0.191. The summed E-state index contributed by atoms with van der Waals surface area (Å²) in [6.07, 6.45) is 10.6. The normalized spacial score (nSPS) is 20.6. The van der Waals surface area contributed by atoms with Crippen molar-refractivity contribution in [3.05, 3.63) is 18.0 Å². The summed E-state index contributed by atoms with van der Waals surface area (Å²) in [5.74, 6) is 1.54. The molecule has 7 nitrogen and oxygen atoms in total. The van der Waals surface area contributed by atoms with E-state index in [0.29, 0.717) is 30.4 Å². The number of ether oxygens (including phenoxy) is 1. The summed E-state index contributed by atoms with van der Waals surface area (Å²) in [4.78, 5) is 13.9. The Kier molecular flexibility index (Phi) is 8.00. The standard InChI is InChI=1S/C22H34N4O3/c1-3-15(2)25-22-24-14-19-20(26-22)18(16-7-9-17(28)10-8-16)13-23-21(19)29-12-6-4-5-11-27/h13-17,27-28H,3-12H2,1-2H3,(H,24,25,26)/t15-,16-,17-/m0/s1. The first-order valence-corrected chi connectivity index (χ1v) is 11.0. The lowest BCUT2D eigenvalue weighted by Crippen LogP contribution is -2.18. The fourth-order valence-corrected chi connectivity index (χ4v) is 3.77. The monoisotopic (exact) mass is 402 g/mol. The number of nitrogens with one attached hydrogen (secondary N) is 1. The molecular weight excluding hydrogens is 368 g/mol. The third-order valence-electron chi connectivity index (χ3n) is 5.78. The first-order chi connectivity index (χ1) is 14.1. The van der Waals surface area contributed by atoms with E-state index in [2.05, 4.69) is 29.1 Å². The molecule has 1 aliphatic rings. The number of aliphatic hydroxyl groups excluding tert-OH is 2. The Morgan fingerprint density at radius 2 is 1.93 bits per heavy atom. The van der Waals surface area contributed by atoms with Gasteiger partial charge in [0, 0.05) is 30.6 Å². The molecule has 1 saturated carbocycles. The van der Waals surface area contributed by atoms with Crippen molar-refractivity contribution in [2.45, 2.75) is 83.3 Å². The number of anilines is 1. The highest BCUT2D eigenvalue weighted by Gasteiger charge is 2.24. The summed E-state index contributed by atoms with van der Waals surface area (Å²) in [7, 11) is 0. The van der Waals surface area contributed by atoms with Gasteiger partial charge in [-0.3, -0.25) is 0 Å². The lowest BCUT2D eigenvalue weighted by molar-refractivity contribution is 0.122. The van der Waals surface area contributed by atoms with Gasteiger partial charge in [0.15, 0.2) is 0 Å². The molecule has 160 valence electrons. The molecule has 0 unspecified atom stereocenters. The number of aliphatic hydroxyl groups is 2. The second-order valence-electron chi connectivity index (χ2n) is 8.07. The Morgan fingerprint density at radius 1 is 1.14 bits per heavy atom. The van der Waals surface area contributed by atoms with Crippen LogP contribution in [0.5, 0.6) is 5.88 Å². The topological polar surface area (TPSA) is 100 Å². The molecule has 2 aromatic heterocycles. The fraction of sp³-hybridized carbons (Fsp3) is 0.682. The number of hydrogen-bond acceptors (Lipinski definition) is 7. The number of rotatable bonds is 10. The number of hydrogen-bond donors (Lipinski definition) is 3. The fourth-order valence-electron chi connectivity index (χ4n) is 3.77. The van der Waals surface area contributed by atoms with Gasteiger partial charge in [0.05, 0.1) is 23.6 Å². The first-order valence-electron chi connectivity index (χ1n) is 11.0. The van der Waals surface area contributed by atoms with Crippen molar-refractivity contribution in [1.82, 2.24) is 15.0 Å². The van der Waals surface area contributed by atoms with Crippen LogP contribution < -0.4 is 10.1 Å². The van der Waals surface area contributed by atoms with Gasteiger partial charge in [-0.15, -0.1) is 0 Å². The van der Waals surface area contributed by atoms with Crippen molar-refractivity contribution in [2.75, 3.05) is 18.5 Å². The minimum Gasteiger partial charge on any atom is -0.477 e. The Morgan fingerprint density at radius 3 is 2.66 bits per heavy atom. The van der Waals surface area contributed by atoms with E-state index >= 15 is 0 Å². The largest absolute Gasteiger partial charge is 0.477 e. The number of unbranched alkanes of at least 4 members (excludes halogenated alkanes) is 2. The maximum atomic E-state index is 9.87. The highest BCUT2D eigenvalue weighted by Crippen LogP contribution is 2.37. The van der Waals surface area contributed by atoms with Gasteiger partial charge >= 0.3 is 0 Å². The predicted octanol–water partition coefficient (Wildman–Crippen LogP) is 3.80. The van der Waals surface area contributed by atoms with E-state index in [1.165, 1.54) is 0 Å². The van der Waals surface area contributed by atoms with E-state index in [0.717, 1.165) is 67.8 Å². The quantitative estimate of drug-likeness (QED) is 0.520. The molecule has 1 aliphatic carbocycles. The molecule has 1 atom stereocenters. The van der Waals surface area contributed by atoms with Crippen LogP contribution in [0.1, 0.15) is 76.7 Å². The molecule has 2 heterocycles. The second-order valence-corrected chi connectivity index (χ2v) is 8.07. The number of pyridine rings is 1. The van der Waals surface area contributed by atoms with Crippen LogP contribution in [0, 0.1) is 0 Å². The molecule has 0 amide bonds. The molecule has 3 rings (SSSR count). The van der Waals surface area contributed by atoms with Gasteiger partial charge in [-0.05, 0) is 64.2 Å². The Hall–Kier alpha value is -1.99. The van der Waals surface area contributed by atoms with Crippen molar-refractivity contribution in [3.63, 3.8) is 0 Å². The van der Waals surface area contributed by atoms with Crippen LogP contribution >= 0.6 is 0 Å². The predicted molar refractivity (Wildman–Crippen MR) is 114 cm³/mol. The van der Waals surface area contributed by atoms with Crippen LogP contribution in [0.25, 0.3) is 10.9 Å². The SMILES string of the molecule is CC[C@H](C)Nc1ncc2c(OCCCCCO)ncc([C@H]3CC[C@H](O)CC3)c2n1. The first kappa shape index (κ1) is 21.7. The average molecular weight is 403 g/mol. The van der Waals surface area contributed by atoms with Gasteiger partial charge in [-0.1, -0.05) is 6.92 Å². The van der Waals surface area contributed by atoms with Crippen LogP contribution in [0.15, 0.2) is 12.4 Å². The van der Waals surface area contributed by atoms with Crippen molar-refractivity contribution < 1.29 is 14.9 Å². The van der Waals surface area contributed by atoms with Crippen molar-refractivity contribution in [2.24, 2.45) is 0 Å². The van der Waals surface area contributed by atoms with Crippen molar-refractivity contribution in [1.29, 1.82) is 0 Å². The summed E-state index contributed by atoms with van der Waals surface area (Å²) < 4.78 is 5.93. The van der Waals surface area contributed by atoms with Crippen LogP contribution in [-0.4, -0.2) is 50.5 Å². The smallest absolute Gasteiger partial charge is 0.224 e. The zero-order valence-corrected chi connectivity index (χ0v) is 17.6. The molecule has 0 bridgehead atoms. The summed E-state index contributed by atoms with van der Waals surface area (Å²) in [5.41, 5.74) is 2.02. The zero-order chi connectivity index (χ0) is 20.6. The van der Waals surface area contributed by atoms with E-state index in [4.69, 9.17) is 14.8 Å². The maximum absolute atomic E-state index is 9.87. The molecule has 0 saturated heterocycles. The van der Waals surface area contributed by atoms with E-state index in [1.807, 2.05) is 12.4 Å². The van der Waals surface area contributed by atoms with Gasteiger partial charge in [0.2, 0.25) is 11.8 Å². The van der Waals surface area contributed by atoms with Crippen LogP contribution in [0.4, 0.5) is 5.95 Å². The van der Waals surface area contributed by atoms with Crippen molar-refractivity contribution in [3.8, 4) is 5.88 Å². The molecule has 29 heavy (non-hydrogen) atoms. The summed E-state index contributed by atoms with van der Waals surface area (Å²) in [6.45, 7) is 5.02. The molecule has 3 N–H and O–H groups in total. The number of aromatic nitrogens is 3. The molecule has 0 aromatic carbocycles. The Balaban J connectivity index is 1.87. The van der Waals surface area contributed by atoms with Crippen LogP contribution in [-0.2, 0) is 0 Å². The van der Waals surface area contributed by atoms with E-state index in [9.17, 15) is 5.11 Å². The maximum Gasteiger partial charge on any atom is 0.224 e. The average Bonchev–Trinajstić information content (AvgIpc) is 2.74. The second kappa shape index (κ2) is 10.7. The number of nitrogens with zero attached hydrogens (tertiary/aromatic N) is 3. The highest BCUT2D eigenvalue weighted by atomic mass is 16.5. The lowest BCUT2D eigenvalue weighted by atomic mass is 9.83. The third-order valence-corrected chi connectivity index (χ3v) is 5.78. The highest BCUT2D eigenvalue weighted by molar-refractivity contribution is 5.86. The van der Waals surface area contributed by atoms with Gasteiger partial charge in [-0.2, -0.15) is 0 Å².